The molecule has 9 heteroatoms. The molecule has 7 nitrogen and oxygen atoms in total. The fraction of sp³-hybridized carbons (Fsp3) is 0.133. The fourth-order valence-electron chi connectivity index (χ4n) is 3.69. The van der Waals surface area contributed by atoms with Crippen molar-refractivity contribution in [1.29, 1.82) is 5.26 Å². The van der Waals surface area contributed by atoms with Gasteiger partial charge in [-0.05, 0) is 68.8 Å². The lowest BCUT2D eigenvalue weighted by Gasteiger charge is -2.13. The molecule has 0 fully saturated rings. The number of nitriles is 1. The van der Waals surface area contributed by atoms with E-state index in [2.05, 4.69) is 22.0 Å². The molecule has 1 heterocycles. The van der Waals surface area contributed by atoms with Crippen molar-refractivity contribution in [3.05, 3.63) is 106 Å². The van der Waals surface area contributed by atoms with Gasteiger partial charge in [-0.25, -0.2) is 0 Å². The van der Waals surface area contributed by atoms with Gasteiger partial charge >= 0.3 is 0 Å². The van der Waals surface area contributed by atoms with Crippen molar-refractivity contribution >= 4 is 57.2 Å². The van der Waals surface area contributed by atoms with E-state index in [1.165, 1.54) is 11.8 Å². The maximum absolute atomic E-state index is 13.0. The van der Waals surface area contributed by atoms with Gasteiger partial charge in [0.05, 0.1) is 15.7 Å². The zero-order valence-corrected chi connectivity index (χ0v) is 23.2. The normalized spacial score (nSPS) is 11.2. The molecule has 0 spiro atoms. The maximum atomic E-state index is 13.0. The van der Waals surface area contributed by atoms with Gasteiger partial charge in [0.25, 0.3) is 11.8 Å². The van der Waals surface area contributed by atoms with Crippen LogP contribution in [-0.4, -0.2) is 23.0 Å². The van der Waals surface area contributed by atoms with Crippen LogP contribution in [0.1, 0.15) is 43.6 Å². The SMILES string of the molecule is Cc1ccc(C(=O)Nc2cccc(SC(C)C(=O)Nc3sc(C(=O)Nc4ccccc4)c(C)c3C#N)c2)cc1. The third-order valence-electron chi connectivity index (χ3n) is 5.82. The van der Waals surface area contributed by atoms with Crippen LogP contribution in [0.4, 0.5) is 16.4 Å². The number of hydrogen-bond acceptors (Lipinski definition) is 6. The van der Waals surface area contributed by atoms with Gasteiger partial charge in [-0.15, -0.1) is 23.1 Å². The number of nitrogens with one attached hydrogen (secondary N) is 3. The summed E-state index contributed by atoms with van der Waals surface area (Å²) in [7, 11) is 0. The third kappa shape index (κ3) is 6.93. The zero-order chi connectivity index (χ0) is 27.9. The summed E-state index contributed by atoms with van der Waals surface area (Å²) in [5, 5.41) is 18.1. The van der Waals surface area contributed by atoms with Crippen LogP contribution in [0.25, 0.3) is 0 Å². The topological polar surface area (TPSA) is 111 Å². The molecule has 4 aromatic rings. The molecule has 0 saturated heterocycles. The molecule has 39 heavy (non-hydrogen) atoms. The number of para-hydroxylation sites is 1. The minimum absolute atomic E-state index is 0.216. The molecule has 0 radical (unpaired) electrons. The van der Waals surface area contributed by atoms with Gasteiger partial charge in [-0.3, -0.25) is 14.4 Å². The monoisotopic (exact) mass is 554 g/mol. The minimum atomic E-state index is -0.511. The Bertz CT molecular complexity index is 1560. The molecule has 3 aromatic carbocycles. The Labute approximate surface area is 235 Å². The summed E-state index contributed by atoms with van der Waals surface area (Å²) >= 11 is 2.40. The molecule has 4 rings (SSSR count). The van der Waals surface area contributed by atoms with Gasteiger partial charge in [-0.1, -0.05) is 42.0 Å². The second-order valence-corrected chi connectivity index (χ2v) is 11.2. The van der Waals surface area contributed by atoms with Crippen molar-refractivity contribution in [1.82, 2.24) is 0 Å². The lowest BCUT2D eigenvalue weighted by Crippen LogP contribution is -2.22. The molecule has 0 bridgehead atoms. The standard InChI is InChI=1S/C30H26N4O3S2/c1-18-12-14-21(15-13-18)28(36)33-23-10-7-11-24(16-23)38-20(3)27(35)34-30-25(17-31)19(2)26(39-30)29(37)32-22-8-5-4-6-9-22/h4-16,20H,1-3H3,(H,32,37)(H,33,36)(H,34,35). The molecule has 3 amide bonds. The van der Waals surface area contributed by atoms with Crippen LogP contribution in [0, 0.1) is 25.2 Å². The molecule has 1 aromatic heterocycles. The van der Waals surface area contributed by atoms with Crippen LogP contribution >= 0.6 is 23.1 Å². The van der Waals surface area contributed by atoms with Gasteiger partial charge in [0, 0.05) is 21.8 Å². The smallest absolute Gasteiger partial charge is 0.266 e. The van der Waals surface area contributed by atoms with E-state index >= 15 is 0 Å². The number of nitrogens with zero attached hydrogens (tertiary/aromatic N) is 1. The fourth-order valence-corrected chi connectivity index (χ4v) is 5.67. The predicted molar refractivity (Wildman–Crippen MR) is 158 cm³/mol. The number of benzene rings is 3. The van der Waals surface area contributed by atoms with Crippen molar-refractivity contribution in [2.24, 2.45) is 0 Å². The number of hydrogen-bond donors (Lipinski definition) is 3. The van der Waals surface area contributed by atoms with E-state index in [0.717, 1.165) is 21.8 Å². The number of anilines is 3. The first-order valence-electron chi connectivity index (χ1n) is 12.1. The van der Waals surface area contributed by atoms with E-state index < -0.39 is 5.25 Å². The van der Waals surface area contributed by atoms with E-state index in [1.54, 1.807) is 44.2 Å². The van der Waals surface area contributed by atoms with Crippen molar-refractivity contribution in [3.8, 4) is 6.07 Å². The molecule has 0 aliphatic carbocycles. The number of carbonyl (C=O) groups is 3. The van der Waals surface area contributed by atoms with E-state index in [1.807, 2.05) is 55.5 Å². The summed E-state index contributed by atoms with van der Waals surface area (Å²) in [6.45, 7) is 5.41. The average Bonchev–Trinajstić information content (AvgIpc) is 3.24. The van der Waals surface area contributed by atoms with Crippen LogP contribution in [-0.2, 0) is 4.79 Å². The molecule has 3 N–H and O–H groups in total. The Morgan fingerprint density at radius 1 is 0.846 bits per heavy atom. The van der Waals surface area contributed by atoms with Gasteiger partial charge in [0.2, 0.25) is 5.91 Å². The molecule has 196 valence electrons. The van der Waals surface area contributed by atoms with E-state index in [4.69, 9.17) is 0 Å². The molecule has 1 atom stereocenters. The zero-order valence-electron chi connectivity index (χ0n) is 21.6. The first-order chi connectivity index (χ1) is 18.7. The third-order valence-corrected chi connectivity index (χ3v) is 8.12. The van der Waals surface area contributed by atoms with E-state index in [0.29, 0.717) is 32.4 Å². The number of aryl methyl sites for hydroxylation is 1. The quantitative estimate of drug-likeness (QED) is 0.206. The molecular weight excluding hydrogens is 528 g/mol. The van der Waals surface area contributed by atoms with Crippen LogP contribution in [0.15, 0.2) is 83.8 Å². The van der Waals surface area contributed by atoms with Gasteiger partial charge in [-0.2, -0.15) is 5.26 Å². The summed E-state index contributed by atoms with van der Waals surface area (Å²) < 4.78 is 0. The van der Waals surface area contributed by atoms with Crippen LogP contribution in [0.5, 0.6) is 0 Å². The highest BCUT2D eigenvalue weighted by Gasteiger charge is 2.23. The van der Waals surface area contributed by atoms with Crippen molar-refractivity contribution in [3.63, 3.8) is 0 Å². The first-order valence-corrected chi connectivity index (χ1v) is 13.8. The Balaban J connectivity index is 1.42. The van der Waals surface area contributed by atoms with Crippen molar-refractivity contribution in [2.75, 3.05) is 16.0 Å². The lowest BCUT2D eigenvalue weighted by atomic mass is 10.1. The highest BCUT2D eigenvalue weighted by molar-refractivity contribution is 8.00. The second kappa shape index (κ2) is 12.4. The van der Waals surface area contributed by atoms with E-state index in [9.17, 15) is 19.6 Å². The minimum Gasteiger partial charge on any atom is -0.322 e. The lowest BCUT2D eigenvalue weighted by molar-refractivity contribution is -0.115. The summed E-state index contributed by atoms with van der Waals surface area (Å²) in [5.41, 5.74) is 3.67. The number of carbonyl (C=O) groups excluding carboxylic acids is 3. The molecule has 0 aliphatic rings. The summed E-state index contributed by atoms with van der Waals surface area (Å²) in [6.07, 6.45) is 0. The number of thioether (sulfide) groups is 1. The van der Waals surface area contributed by atoms with Crippen LogP contribution < -0.4 is 16.0 Å². The Hall–Kier alpha value is -4.39. The summed E-state index contributed by atoms with van der Waals surface area (Å²) in [4.78, 5) is 39.6. The predicted octanol–water partition coefficient (Wildman–Crippen LogP) is 6.86. The number of rotatable bonds is 8. The van der Waals surface area contributed by atoms with Gasteiger partial charge in [0.15, 0.2) is 0 Å². The van der Waals surface area contributed by atoms with Gasteiger partial charge < -0.3 is 16.0 Å². The summed E-state index contributed by atoms with van der Waals surface area (Å²) in [5.74, 6) is -0.860. The number of amides is 3. The Morgan fingerprint density at radius 2 is 1.51 bits per heavy atom. The Kier molecular flexibility index (Phi) is 8.81. The van der Waals surface area contributed by atoms with Crippen molar-refractivity contribution in [2.45, 2.75) is 30.9 Å². The molecule has 1 unspecified atom stereocenters. The number of thiophene rings is 1. The molecular formula is C30H26N4O3S2. The van der Waals surface area contributed by atoms with E-state index in [-0.39, 0.29) is 23.3 Å². The Morgan fingerprint density at radius 3 is 2.21 bits per heavy atom. The first kappa shape index (κ1) is 27.6. The highest BCUT2D eigenvalue weighted by atomic mass is 32.2. The highest BCUT2D eigenvalue weighted by Crippen LogP contribution is 2.34. The van der Waals surface area contributed by atoms with Crippen molar-refractivity contribution < 1.29 is 14.4 Å². The molecule has 0 aliphatic heterocycles. The maximum Gasteiger partial charge on any atom is 0.266 e. The van der Waals surface area contributed by atoms with Crippen LogP contribution in [0.3, 0.4) is 0 Å². The van der Waals surface area contributed by atoms with Gasteiger partial charge in [0.1, 0.15) is 11.1 Å². The average molecular weight is 555 g/mol. The summed E-state index contributed by atoms with van der Waals surface area (Å²) in [6, 6.07) is 25.7. The van der Waals surface area contributed by atoms with Crippen LogP contribution in [0.2, 0.25) is 0 Å². The largest absolute Gasteiger partial charge is 0.322 e. The molecule has 0 saturated carbocycles. The second-order valence-electron chi connectivity index (χ2n) is 8.79.